The second-order valence-electron chi connectivity index (χ2n) is 8.77. The first-order valence-corrected chi connectivity index (χ1v) is 12.5. The standard InChI is InChI=1S/C28H30N4O3S/c1-17-11-18(2)27(19(3)12-17)32-23(28(33)34)13-20-5-7-21(8-6-20)24-16-36-26(31-24)15-30-25-14-22(35-4)9-10-29-25/h5-12,14,16,23,32H,13,15H2,1-4H3,(H,29,30)(H,33,34). The number of nitrogens with zero attached hydrogens (tertiary/aromatic N) is 2. The van der Waals surface area contributed by atoms with Gasteiger partial charge >= 0.3 is 5.97 Å². The minimum Gasteiger partial charge on any atom is -0.497 e. The summed E-state index contributed by atoms with van der Waals surface area (Å²) in [6.07, 6.45) is 2.08. The molecule has 0 saturated carbocycles. The topological polar surface area (TPSA) is 96.4 Å². The minimum absolute atomic E-state index is 0.377. The molecule has 0 aliphatic heterocycles. The van der Waals surface area contributed by atoms with Gasteiger partial charge in [-0.05, 0) is 43.5 Å². The first kappa shape index (κ1) is 25.2. The molecule has 2 aromatic carbocycles. The van der Waals surface area contributed by atoms with Gasteiger partial charge in [0.05, 0.1) is 19.3 Å². The molecule has 8 heteroatoms. The van der Waals surface area contributed by atoms with Crippen LogP contribution in [0.2, 0.25) is 0 Å². The maximum Gasteiger partial charge on any atom is 0.326 e. The second-order valence-corrected chi connectivity index (χ2v) is 9.71. The summed E-state index contributed by atoms with van der Waals surface area (Å²) in [6.45, 7) is 6.61. The predicted octanol–water partition coefficient (Wildman–Crippen LogP) is 5.86. The Morgan fingerprint density at radius 1 is 1.08 bits per heavy atom. The molecule has 7 nitrogen and oxygen atoms in total. The molecule has 2 heterocycles. The molecule has 0 amide bonds. The van der Waals surface area contributed by atoms with Gasteiger partial charge in [0.15, 0.2) is 0 Å². The van der Waals surface area contributed by atoms with Crippen LogP contribution in [0.1, 0.15) is 27.3 Å². The maximum absolute atomic E-state index is 12.0. The average Bonchev–Trinajstić information content (AvgIpc) is 3.33. The van der Waals surface area contributed by atoms with Crippen LogP contribution in [0.5, 0.6) is 5.75 Å². The maximum atomic E-state index is 12.0. The van der Waals surface area contributed by atoms with Crippen molar-refractivity contribution >= 4 is 28.8 Å². The van der Waals surface area contributed by atoms with E-state index in [9.17, 15) is 9.90 Å². The van der Waals surface area contributed by atoms with E-state index in [0.29, 0.717) is 13.0 Å². The van der Waals surface area contributed by atoms with Crippen LogP contribution in [0.3, 0.4) is 0 Å². The summed E-state index contributed by atoms with van der Waals surface area (Å²) in [5.74, 6) is 0.602. The van der Waals surface area contributed by atoms with Gasteiger partial charge in [0, 0.05) is 35.3 Å². The summed E-state index contributed by atoms with van der Waals surface area (Å²) < 4.78 is 5.23. The molecular formula is C28H30N4O3S. The smallest absolute Gasteiger partial charge is 0.326 e. The van der Waals surface area contributed by atoms with E-state index < -0.39 is 12.0 Å². The van der Waals surface area contributed by atoms with Crippen molar-refractivity contribution in [3.8, 4) is 17.0 Å². The molecule has 0 saturated heterocycles. The van der Waals surface area contributed by atoms with Gasteiger partial charge in [0.1, 0.15) is 22.6 Å². The van der Waals surface area contributed by atoms with E-state index in [-0.39, 0.29) is 0 Å². The van der Waals surface area contributed by atoms with Crippen LogP contribution in [0.15, 0.2) is 60.1 Å². The fraction of sp³-hybridized carbons (Fsp3) is 0.250. The molecule has 0 radical (unpaired) electrons. The highest BCUT2D eigenvalue weighted by molar-refractivity contribution is 7.10. The van der Waals surface area contributed by atoms with Gasteiger partial charge in [-0.2, -0.15) is 0 Å². The minimum atomic E-state index is -0.874. The normalized spacial score (nSPS) is 11.7. The van der Waals surface area contributed by atoms with E-state index in [4.69, 9.17) is 9.72 Å². The van der Waals surface area contributed by atoms with E-state index in [1.165, 1.54) is 0 Å². The summed E-state index contributed by atoms with van der Waals surface area (Å²) in [4.78, 5) is 21.0. The third-order valence-corrected chi connectivity index (χ3v) is 6.77. The highest BCUT2D eigenvalue weighted by Gasteiger charge is 2.20. The zero-order valence-corrected chi connectivity index (χ0v) is 21.6. The van der Waals surface area contributed by atoms with Crippen molar-refractivity contribution in [3.05, 3.63) is 87.4 Å². The zero-order chi connectivity index (χ0) is 25.7. The Hall–Kier alpha value is -3.91. The summed E-state index contributed by atoms with van der Waals surface area (Å²) in [7, 11) is 1.63. The van der Waals surface area contributed by atoms with E-state index in [1.54, 1.807) is 30.7 Å². The van der Waals surface area contributed by atoms with Crippen LogP contribution in [0.4, 0.5) is 11.5 Å². The second kappa shape index (κ2) is 11.2. The number of hydrogen-bond donors (Lipinski definition) is 3. The molecule has 4 aromatic rings. The molecule has 0 fully saturated rings. The summed E-state index contributed by atoms with van der Waals surface area (Å²) >= 11 is 1.58. The molecule has 4 rings (SSSR count). The number of aromatic nitrogens is 2. The number of pyridine rings is 1. The number of aliphatic carboxylic acids is 1. The number of hydrogen-bond acceptors (Lipinski definition) is 7. The van der Waals surface area contributed by atoms with E-state index in [1.807, 2.05) is 56.5 Å². The number of anilines is 2. The van der Waals surface area contributed by atoms with Crippen molar-refractivity contribution in [2.45, 2.75) is 39.8 Å². The summed E-state index contributed by atoms with van der Waals surface area (Å²) in [5.41, 5.74) is 6.97. The first-order valence-electron chi connectivity index (χ1n) is 11.7. The van der Waals surface area contributed by atoms with Crippen LogP contribution in [-0.4, -0.2) is 34.2 Å². The number of rotatable bonds is 10. The Morgan fingerprint density at radius 3 is 2.47 bits per heavy atom. The number of thiazole rings is 1. The Labute approximate surface area is 215 Å². The zero-order valence-electron chi connectivity index (χ0n) is 20.8. The first-order chi connectivity index (χ1) is 17.3. The molecular weight excluding hydrogens is 472 g/mol. The van der Waals surface area contributed by atoms with Crippen molar-refractivity contribution in [3.63, 3.8) is 0 Å². The number of methoxy groups -OCH3 is 1. The molecule has 1 atom stereocenters. The SMILES string of the molecule is COc1ccnc(NCc2nc(-c3ccc(CC(Nc4c(C)cc(C)cc4C)C(=O)O)cc3)cs2)c1. The Kier molecular flexibility index (Phi) is 7.85. The van der Waals surface area contributed by atoms with Gasteiger partial charge in [-0.3, -0.25) is 0 Å². The number of carboxylic acid groups (broad SMARTS) is 1. The molecule has 36 heavy (non-hydrogen) atoms. The van der Waals surface area contributed by atoms with Gasteiger partial charge < -0.3 is 20.5 Å². The third-order valence-electron chi connectivity index (χ3n) is 5.92. The van der Waals surface area contributed by atoms with Crippen molar-refractivity contribution in [1.29, 1.82) is 0 Å². The molecule has 0 spiro atoms. The molecule has 186 valence electrons. The summed E-state index contributed by atoms with van der Waals surface area (Å²) in [6, 6.07) is 15.0. The largest absolute Gasteiger partial charge is 0.497 e. The van der Waals surface area contributed by atoms with Crippen LogP contribution < -0.4 is 15.4 Å². The number of ether oxygens (including phenoxy) is 1. The fourth-order valence-corrected chi connectivity index (χ4v) is 4.90. The fourth-order valence-electron chi connectivity index (χ4n) is 4.15. The van der Waals surface area contributed by atoms with Crippen molar-refractivity contribution in [2.75, 3.05) is 17.7 Å². The lowest BCUT2D eigenvalue weighted by atomic mass is 10.0. The van der Waals surface area contributed by atoms with E-state index in [2.05, 4.69) is 27.8 Å². The number of benzene rings is 2. The predicted molar refractivity (Wildman–Crippen MR) is 145 cm³/mol. The lowest BCUT2D eigenvalue weighted by Gasteiger charge is -2.20. The van der Waals surface area contributed by atoms with Crippen LogP contribution in [0.25, 0.3) is 11.3 Å². The van der Waals surface area contributed by atoms with E-state index in [0.717, 1.165) is 55.8 Å². The van der Waals surface area contributed by atoms with Crippen LogP contribution in [-0.2, 0) is 17.8 Å². The lowest BCUT2D eigenvalue weighted by Crippen LogP contribution is -2.32. The van der Waals surface area contributed by atoms with Gasteiger partial charge in [-0.15, -0.1) is 11.3 Å². The quantitative estimate of drug-likeness (QED) is 0.250. The third kappa shape index (κ3) is 6.20. The van der Waals surface area contributed by atoms with Crippen molar-refractivity contribution < 1.29 is 14.6 Å². The van der Waals surface area contributed by atoms with Crippen LogP contribution in [0, 0.1) is 20.8 Å². The number of carbonyl (C=O) groups is 1. The number of carboxylic acids is 1. The van der Waals surface area contributed by atoms with Gasteiger partial charge in [0.2, 0.25) is 0 Å². The molecule has 1 unspecified atom stereocenters. The number of aryl methyl sites for hydroxylation is 3. The highest BCUT2D eigenvalue weighted by Crippen LogP contribution is 2.26. The molecule has 0 bridgehead atoms. The Balaban J connectivity index is 1.40. The molecule has 0 aliphatic rings. The highest BCUT2D eigenvalue weighted by atomic mass is 32.1. The molecule has 0 aliphatic carbocycles. The number of nitrogens with one attached hydrogen (secondary N) is 2. The molecule has 3 N–H and O–H groups in total. The molecule has 2 aromatic heterocycles. The summed E-state index contributed by atoms with van der Waals surface area (Å²) in [5, 5.41) is 19.3. The van der Waals surface area contributed by atoms with Crippen molar-refractivity contribution in [2.24, 2.45) is 0 Å². The average molecular weight is 503 g/mol. The van der Waals surface area contributed by atoms with Crippen LogP contribution >= 0.6 is 11.3 Å². The van der Waals surface area contributed by atoms with Crippen molar-refractivity contribution in [1.82, 2.24) is 9.97 Å². The van der Waals surface area contributed by atoms with Gasteiger partial charge in [0.25, 0.3) is 0 Å². The Morgan fingerprint density at radius 2 is 1.81 bits per heavy atom. The van der Waals surface area contributed by atoms with E-state index >= 15 is 0 Å². The monoisotopic (exact) mass is 502 g/mol. The van der Waals surface area contributed by atoms with Gasteiger partial charge in [-0.1, -0.05) is 42.0 Å². The van der Waals surface area contributed by atoms with Gasteiger partial charge in [-0.25, -0.2) is 14.8 Å². The Bertz CT molecular complexity index is 1330. The lowest BCUT2D eigenvalue weighted by molar-refractivity contribution is -0.137.